The fourth-order valence-electron chi connectivity index (χ4n) is 2.87. The van der Waals surface area contributed by atoms with Crippen LogP contribution in [0.1, 0.15) is 50.2 Å². The molecule has 0 aliphatic rings. The van der Waals surface area contributed by atoms with E-state index in [4.69, 9.17) is 21.1 Å². The first-order valence-corrected chi connectivity index (χ1v) is 9.96. The first kappa shape index (κ1) is 24.5. The number of unbranched alkanes of at least 4 members (excludes halogenated alkanes) is 4. The van der Waals surface area contributed by atoms with E-state index in [0.717, 1.165) is 18.7 Å². The summed E-state index contributed by atoms with van der Waals surface area (Å²) in [7, 11) is 1.58. The third-order valence-corrected chi connectivity index (χ3v) is 4.69. The van der Waals surface area contributed by atoms with Crippen molar-refractivity contribution in [2.45, 2.75) is 52.2 Å². The van der Waals surface area contributed by atoms with Crippen LogP contribution in [-0.2, 0) is 13.2 Å². The molecule has 6 heteroatoms. The van der Waals surface area contributed by atoms with Crippen LogP contribution in [0.25, 0.3) is 0 Å². The summed E-state index contributed by atoms with van der Waals surface area (Å²) in [6, 6.07) is 10.3. The van der Waals surface area contributed by atoms with Crippen molar-refractivity contribution < 1.29 is 13.9 Å². The van der Waals surface area contributed by atoms with Gasteiger partial charge in [0.2, 0.25) is 0 Å². The quantitative estimate of drug-likeness (QED) is 0.388. The number of hydrogen-bond acceptors (Lipinski definition) is 3. The predicted octanol–water partition coefficient (Wildman–Crippen LogP) is 6.55. The maximum Gasteiger partial charge on any atom is 0.180 e. The van der Waals surface area contributed by atoms with E-state index in [0.29, 0.717) is 22.1 Å². The Kier molecular flexibility index (Phi) is 12.0. The minimum absolute atomic E-state index is 0. The van der Waals surface area contributed by atoms with Crippen LogP contribution in [0.5, 0.6) is 11.5 Å². The Morgan fingerprint density at radius 3 is 2.54 bits per heavy atom. The highest BCUT2D eigenvalue weighted by atomic mass is 35.5. The second-order valence-corrected chi connectivity index (χ2v) is 6.99. The van der Waals surface area contributed by atoms with Gasteiger partial charge in [-0.25, -0.2) is 4.39 Å². The Labute approximate surface area is 179 Å². The van der Waals surface area contributed by atoms with Gasteiger partial charge in [0.25, 0.3) is 0 Å². The van der Waals surface area contributed by atoms with Crippen molar-refractivity contribution in [3.8, 4) is 11.5 Å². The summed E-state index contributed by atoms with van der Waals surface area (Å²) in [5, 5.41) is 3.90. The first-order valence-electron chi connectivity index (χ1n) is 9.59. The number of nitrogens with one attached hydrogen (secondary N) is 1. The highest BCUT2D eigenvalue weighted by molar-refractivity contribution is 6.32. The third-order valence-electron chi connectivity index (χ3n) is 4.41. The SMILES string of the molecule is CCCCCCCNCc1cc(Cl)c(OCc2ccccc2F)c(OC)c1.Cl. The van der Waals surface area contributed by atoms with Gasteiger partial charge >= 0.3 is 0 Å². The lowest BCUT2D eigenvalue weighted by Crippen LogP contribution is -2.14. The van der Waals surface area contributed by atoms with Gasteiger partial charge in [0.1, 0.15) is 12.4 Å². The van der Waals surface area contributed by atoms with Gasteiger partial charge in [0.15, 0.2) is 11.5 Å². The molecule has 0 spiro atoms. The van der Waals surface area contributed by atoms with E-state index >= 15 is 0 Å². The zero-order valence-corrected chi connectivity index (χ0v) is 18.2. The van der Waals surface area contributed by atoms with Gasteiger partial charge in [-0.2, -0.15) is 0 Å². The lowest BCUT2D eigenvalue weighted by Gasteiger charge is -2.15. The summed E-state index contributed by atoms with van der Waals surface area (Å²) in [4.78, 5) is 0. The van der Waals surface area contributed by atoms with Crippen molar-refractivity contribution >= 4 is 24.0 Å². The number of ether oxygens (including phenoxy) is 2. The normalized spacial score (nSPS) is 10.4. The number of methoxy groups -OCH3 is 1. The standard InChI is InChI=1S/C22H29ClFNO2.ClH/c1-3-4-5-6-9-12-25-15-17-13-19(23)22(21(14-17)26-2)27-16-18-10-7-8-11-20(18)24;/h7-8,10-11,13-14,25H,3-6,9,12,15-16H2,1-2H3;1H. The van der Waals surface area contributed by atoms with Gasteiger partial charge in [-0.1, -0.05) is 62.4 Å². The summed E-state index contributed by atoms with van der Waals surface area (Å²) >= 11 is 6.39. The summed E-state index contributed by atoms with van der Waals surface area (Å²) in [6.07, 6.45) is 6.30. The molecule has 1 N–H and O–H groups in total. The number of benzene rings is 2. The fourth-order valence-corrected chi connectivity index (χ4v) is 3.15. The Balaban J connectivity index is 0.00000392. The van der Waals surface area contributed by atoms with Gasteiger partial charge in [-0.05, 0) is 36.7 Å². The van der Waals surface area contributed by atoms with Gasteiger partial charge < -0.3 is 14.8 Å². The molecule has 0 aliphatic heterocycles. The van der Waals surface area contributed by atoms with E-state index in [1.165, 1.54) is 38.2 Å². The lowest BCUT2D eigenvalue weighted by atomic mass is 10.1. The highest BCUT2D eigenvalue weighted by Gasteiger charge is 2.13. The second-order valence-electron chi connectivity index (χ2n) is 6.58. The molecule has 2 aromatic carbocycles. The van der Waals surface area contributed by atoms with E-state index in [1.807, 2.05) is 12.1 Å². The Hall–Kier alpha value is -1.49. The maximum atomic E-state index is 13.8. The van der Waals surface area contributed by atoms with E-state index in [-0.39, 0.29) is 24.8 Å². The zero-order chi connectivity index (χ0) is 19.5. The molecule has 0 unspecified atom stereocenters. The van der Waals surface area contributed by atoms with Crippen molar-refractivity contribution in [3.63, 3.8) is 0 Å². The molecule has 0 fully saturated rings. The molecule has 0 aliphatic carbocycles. The molecule has 0 heterocycles. The molecule has 0 saturated carbocycles. The number of hydrogen-bond donors (Lipinski definition) is 1. The predicted molar refractivity (Wildman–Crippen MR) is 116 cm³/mol. The topological polar surface area (TPSA) is 30.5 Å². The van der Waals surface area contributed by atoms with E-state index < -0.39 is 0 Å². The molecule has 0 saturated heterocycles. The van der Waals surface area contributed by atoms with Crippen LogP contribution in [0.3, 0.4) is 0 Å². The van der Waals surface area contributed by atoms with E-state index in [1.54, 1.807) is 25.3 Å². The van der Waals surface area contributed by atoms with Crippen LogP contribution in [0.2, 0.25) is 5.02 Å². The van der Waals surface area contributed by atoms with Crippen molar-refractivity contribution in [1.82, 2.24) is 5.32 Å². The zero-order valence-electron chi connectivity index (χ0n) is 16.6. The van der Waals surface area contributed by atoms with Gasteiger partial charge in [0, 0.05) is 12.1 Å². The molecular formula is C22H30Cl2FNO2. The third kappa shape index (κ3) is 7.86. The maximum absolute atomic E-state index is 13.8. The molecular weight excluding hydrogens is 400 g/mol. The van der Waals surface area contributed by atoms with Crippen LogP contribution < -0.4 is 14.8 Å². The molecule has 0 amide bonds. The average molecular weight is 430 g/mol. The molecule has 28 heavy (non-hydrogen) atoms. The van der Waals surface area contributed by atoms with Gasteiger partial charge in [0.05, 0.1) is 12.1 Å². The molecule has 0 atom stereocenters. The van der Waals surface area contributed by atoms with Gasteiger partial charge in [-0.15, -0.1) is 12.4 Å². The van der Waals surface area contributed by atoms with Crippen molar-refractivity contribution in [2.75, 3.05) is 13.7 Å². The fraction of sp³-hybridized carbons (Fsp3) is 0.455. The Bertz CT molecular complexity index is 713. The molecule has 0 radical (unpaired) electrons. The Morgan fingerprint density at radius 2 is 1.82 bits per heavy atom. The monoisotopic (exact) mass is 429 g/mol. The second kappa shape index (κ2) is 13.6. The minimum atomic E-state index is -0.299. The van der Waals surface area contributed by atoms with E-state index in [9.17, 15) is 4.39 Å². The largest absolute Gasteiger partial charge is 0.493 e. The summed E-state index contributed by atoms with van der Waals surface area (Å²) in [5.41, 5.74) is 1.51. The van der Waals surface area contributed by atoms with Crippen LogP contribution in [0, 0.1) is 5.82 Å². The van der Waals surface area contributed by atoms with Gasteiger partial charge in [-0.3, -0.25) is 0 Å². The summed E-state index contributed by atoms with van der Waals surface area (Å²) in [5.74, 6) is 0.691. The van der Waals surface area contributed by atoms with Crippen LogP contribution in [-0.4, -0.2) is 13.7 Å². The molecule has 156 valence electrons. The molecule has 3 nitrogen and oxygen atoms in total. The van der Waals surface area contributed by atoms with Crippen molar-refractivity contribution in [3.05, 3.63) is 58.4 Å². The molecule has 2 aromatic rings. The highest BCUT2D eigenvalue weighted by Crippen LogP contribution is 2.37. The molecule has 2 rings (SSSR count). The molecule has 0 bridgehead atoms. The van der Waals surface area contributed by atoms with Crippen molar-refractivity contribution in [2.24, 2.45) is 0 Å². The van der Waals surface area contributed by atoms with Crippen LogP contribution in [0.4, 0.5) is 4.39 Å². The van der Waals surface area contributed by atoms with Crippen LogP contribution in [0.15, 0.2) is 36.4 Å². The van der Waals surface area contributed by atoms with Crippen LogP contribution >= 0.6 is 24.0 Å². The minimum Gasteiger partial charge on any atom is -0.493 e. The summed E-state index contributed by atoms with van der Waals surface area (Å²) < 4.78 is 24.9. The van der Waals surface area contributed by atoms with E-state index in [2.05, 4.69) is 12.2 Å². The first-order chi connectivity index (χ1) is 13.2. The average Bonchev–Trinajstić information content (AvgIpc) is 2.67. The number of halogens is 3. The van der Waals surface area contributed by atoms with Crippen molar-refractivity contribution in [1.29, 1.82) is 0 Å². The lowest BCUT2D eigenvalue weighted by molar-refractivity contribution is 0.279. The Morgan fingerprint density at radius 1 is 1.07 bits per heavy atom. The molecule has 0 aromatic heterocycles. The number of rotatable bonds is 12. The smallest absolute Gasteiger partial charge is 0.180 e. The summed E-state index contributed by atoms with van der Waals surface area (Å²) in [6.45, 7) is 4.02.